The van der Waals surface area contributed by atoms with Gasteiger partial charge in [-0.3, -0.25) is 0 Å². The molecule has 0 fully saturated rings. The van der Waals surface area contributed by atoms with Crippen LogP contribution >= 0.6 is 23.2 Å². The normalized spacial score (nSPS) is 10.3. The predicted octanol–water partition coefficient (Wildman–Crippen LogP) is 3.43. The van der Waals surface area contributed by atoms with Gasteiger partial charge in [0, 0.05) is 5.02 Å². The van der Waals surface area contributed by atoms with E-state index in [4.69, 9.17) is 33.7 Å². The van der Waals surface area contributed by atoms with Crippen molar-refractivity contribution in [2.24, 2.45) is 0 Å². The molecular weight excluding hydrogens is 287 g/mol. The Morgan fingerprint density at radius 2 is 1.95 bits per heavy atom. The number of methoxy groups -OCH3 is 1. The molecule has 0 aliphatic rings. The number of nitrogen functional groups attached to an aromatic ring is 1. The van der Waals surface area contributed by atoms with Gasteiger partial charge in [-0.05, 0) is 24.6 Å². The Kier molecular flexibility index (Phi) is 3.97. The van der Waals surface area contributed by atoms with Crippen LogP contribution in [0.25, 0.3) is 0 Å². The predicted molar refractivity (Wildman–Crippen MR) is 77.5 cm³/mol. The largest absolute Gasteiger partial charge is 0.490 e. The maximum atomic E-state index is 6.15. The quantitative estimate of drug-likeness (QED) is 0.908. The molecule has 1 aromatic heterocycles. The molecule has 0 saturated heterocycles. The highest BCUT2D eigenvalue weighted by Gasteiger charge is 2.12. The minimum atomic E-state index is 0.245. The first-order chi connectivity index (χ1) is 9.02. The molecule has 100 valence electrons. The van der Waals surface area contributed by atoms with Crippen molar-refractivity contribution in [3.05, 3.63) is 34.1 Å². The molecular formula is C12H12Cl2N4O. The first kappa shape index (κ1) is 13.7. The van der Waals surface area contributed by atoms with Gasteiger partial charge in [-0.2, -0.15) is 0 Å². The summed E-state index contributed by atoms with van der Waals surface area (Å²) in [6.07, 6.45) is 1.34. The van der Waals surface area contributed by atoms with Crippen molar-refractivity contribution in [3.63, 3.8) is 0 Å². The Labute approximate surface area is 120 Å². The fourth-order valence-corrected chi connectivity index (χ4v) is 1.98. The standard InChI is InChI=1S/C12H12Cl2N4O/c1-6-3-8(14)9(4-7(6)13)18-12-10(19-2)11(15)16-5-17-12/h3-5H,1-2H3,(H3,15,16,17,18). The highest BCUT2D eigenvalue weighted by Crippen LogP contribution is 2.34. The Morgan fingerprint density at radius 1 is 1.21 bits per heavy atom. The number of nitrogens with two attached hydrogens (primary N) is 1. The second kappa shape index (κ2) is 5.50. The second-order valence-electron chi connectivity index (χ2n) is 3.85. The third-order valence-corrected chi connectivity index (χ3v) is 3.26. The number of benzene rings is 1. The molecule has 7 heteroatoms. The van der Waals surface area contributed by atoms with E-state index in [1.165, 1.54) is 13.4 Å². The minimum absolute atomic E-state index is 0.245. The number of aromatic nitrogens is 2. The molecule has 1 heterocycles. The van der Waals surface area contributed by atoms with Gasteiger partial charge in [0.05, 0.1) is 17.8 Å². The van der Waals surface area contributed by atoms with Crippen LogP contribution in [0.1, 0.15) is 5.56 Å². The SMILES string of the molecule is COc1c(N)ncnc1Nc1cc(Cl)c(C)cc1Cl. The summed E-state index contributed by atoms with van der Waals surface area (Å²) in [5, 5.41) is 4.16. The highest BCUT2D eigenvalue weighted by molar-refractivity contribution is 6.35. The molecule has 0 spiro atoms. The molecule has 0 radical (unpaired) electrons. The molecule has 0 unspecified atom stereocenters. The summed E-state index contributed by atoms with van der Waals surface area (Å²) in [7, 11) is 1.49. The zero-order valence-electron chi connectivity index (χ0n) is 10.4. The number of aryl methyl sites for hydroxylation is 1. The second-order valence-corrected chi connectivity index (χ2v) is 4.66. The van der Waals surface area contributed by atoms with Crippen LogP contribution in [0.15, 0.2) is 18.5 Å². The van der Waals surface area contributed by atoms with Gasteiger partial charge in [0.2, 0.25) is 5.75 Å². The van der Waals surface area contributed by atoms with Crippen molar-refractivity contribution in [1.29, 1.82) is 0 Å². The molecule has 0 amide bonds. The van der Waals surface area contributed by atoms with E-state index < -0.39 is 0 Å². The van der Waals surface area contributed by atoms with Crippen molar-refractivity contribution < 1.29 is 4.74 Å². The number of hydrogen-bond donors (Lipinski definition) is 2. The van der Waals surface area contributed by atoms with Crippen LogP contribution in [0, 0.1) is 6.92 Å². The van der Waals surface area contributed by atoms with Crippen LogP contribution in [0.2, 0.25) is 10.0 Å². The molecule has 0 atom stereocenters. The number of nitrogens with one attached hydrogen (secondary N) is 1. The van der Waals surface area contributed by atoms with Gasteiger partial charge in [0.15, 0.2) is 11.6 Å². The topological polar surface area (TPSA) is 73.1 Å². The summed E-state index contributed by atoms with van der Waals surface area (Å²) in [5.41, 5.74) is 7.22. The van der Waals surface area contributed by atoms with Crippen LogP contribution in [-0.4, -0.2) is 17.1 Å². The van der Waals surface area contributed by atoms with Crippen molar-refractivity contribution >= 4 is 40.5 Å². The number of halogens is 2. The van der Waals surface area contributed by atoms with Crippen LogP contribution in [0.5, 0.6) is 5.75 Å². The maximum absolute atomic E-state index is 6.15. The Bertz CT molecular complexity index is 619. The average molecular weight is 299 g/mol. The summed E-state index contributed by atoms with van der Waals surface area (Å²) in [5.74, 6) is 1.03. The number of hydrogen-bond acceptors (Lipinski definition) is 5. The molecule has 2 aromatic rings. The monoisotopic (exact) mass is 298 g/mol. The lowest BCUT2D eigenvalue weighted by molar-refractivity contribution is 0.415. The average Bonchev–Trinajstić information content (AvgIpc) is 2.36. The number of ether oxygens (including phenoxy) is 1. The molecule has 3 N–H and O–H groups in total. The van der Waals surface area contributed by atoms with E-state index in [2.05, 4.69) is 15.3 Å². The van der Waals surface area contributed by atoms with Crippen LogP contribution in [-0.2, 0) is 0 Å². The lowest BCUT2D eigenvalue weighted by Crippen LogP contribution is -2.03. The first-order valence-electron chi connectivity index (χ1n) is 5.40. The van der Waals surface area contributed by atoms with E-state index >= 15 is 0 Å². The van der Waals surface area contributed by atoms with E-state index in [9.17, 15) is 0 Å². The molecule has 2 rings (SSSR count). The fraction of sp³-hybridized carbons (Fsp3) is 0.167. The molecule has 5 nitrogen and oxygen atoms in total. The van der Waals surface area contributed by atoms with Crippen molar-refractivity contribution in [2.75, 3.05) is 18.2 Å². The fourth-order valence-electron chi connectivity index (χ4n) is 1.55. The zero-order chi connectivity index (χ0) is 14.0. The minimum Gasteiger partial charge on any atom is -0.490 e. The van der Waals surface area contributed by atoms with Crippen LogP contribution in [0.3, 0.4) is 0 Å². The van der Waals surface area contributed by atoms with Crippen molar-refractivity contribution in [1.82, 2.24) is 9.97 Å². The van der Waals surface area contributed by atoms with E-state index in [0.29, 0.717) is 27.3 Å². The smallest absolute Gasteiger partial charge is 0.204 e. The van der Waals surface area contributed by atoms with E-state index in [1.807, 2.05) is 6.92 Å². The summed E-state index contributed by atoms with van der Waals surface area (Å²) < 4.78 is 5.15. The molecule has 1 aromatic carbocycles. The van der Waals surface area contributed by atoms with Crippen LogP contribution in [0.4, 0.5) is 17.3 Å². The maximum Gasteiger partial charge on any atom is 0.204 e. The van der Waals surface area contributed by atoms with Crippen molar-refractivity contribution in [3.8, 4) is 5.75 Å². The van der Waals surface area contributed by atoms with Crippen LogP contribution < -0.4 is 15.8 Å². The lowest BCUT2D eigenvalue weighted by atomic mass is 10.2. The Balaban J connectivity index is 2.42. The number of nitrogens with zero attached hydrogens (tertiary/aromatic N) is 2. The van der Waals surface area contributed by atoms with E-state index in [0.717, 1.165) is 5.56 Å². The van der Waals surface area contributed by atoms with Gasteiger partial charge in [-0.1, -0.05) is 23.2 Å². The molecule has 0 aliphatic carbocycles. The summed E-state index contributed by atoms with van der Waals surface area (Å²) >= 11 is 12.2. The van der Waals surface area contributed by atoms with Crippen molar-refractivity contribution in [2.45, 2.75) is 6.92 Å². The first-order valence-corrected chi connectivity index (χ1v) is 6.15. The molecule has 0 aliphatic heterocycles. The van der Waals surface area contributed by atoms with E-state index in [-0.39, 0.29) is 5.82 Å². The third kappa shape index (κ3) is 2.83. The van der Waals surface area contributed by atoms with Gasteiger partial charge in [-0.25, -0.2) is 9.97 Å². The number of rotatable bonds is 3. The van der Waals surface area contributed by atoms with Gasteiger partial charge in [0.1, 0.15) is 6.33 Å². The molecule has 0 bridgehead atoms. The number of anilines is 3. The summed E-state index contributed by atoms with van der Waals surface area (Å²) in [6.45, 7) is 1.88. The Morgan fingerprint density at radius 3 is 2.63 bits per heavy atom. The molecule has 0 saturated carbocycles. The van der Waals surface area contributed by atoms with Gasteiger partial charge < -0.3 is 15.8 Å². The van der Waals surface area contributed by atoms with E-state index in [1.54, 1.807) is 12.1 Å². The zero-order valence-corrected chi connectivity index (χ0v) is 11.9. The highest BCUT2D eigenvalue weighted by atomic mass is 35.5. The third-order valence-electron chi connectivity index (χ3n) is 2.54. The Hall–Kier alpha value is -1.72. The summed E-state index contributed by atoms with van der Waals surface area (Å²) in [4.78, 5) is 7.92. The lowest BCUT2D eigenvalue weighted by Gasteiger charge is -2.13. The van der Waals surface area contributed by atoms with Gasteiger partial charge >= 0.3 is 0 Å². The van der Waals surface area contributed by atoms with Gasteiger partial charge in [-0.15, -0.1) is 0 Å². The summed E-state index contributed by atoms with van der Waals surface area (Å²) in [6, 6.07) is 3.49. The van der Waals surface area contributed by atoms with Gasteiger partial charge in [0.25, 0.3) is 0 Å². The molecule has 19 heavy (non-hydrogen) atoms.